The Bertz CT molecular complexity index is 818. The van der Waals surface area contributed by atoms with Gasteiger partial charge in [0.2, 0.25) is 0 Å². The second-order valence-electron chi connectivity index (χ2n) is 7.26. The number of likely N-dealkylation sites (tertiary alicyclic amines) is 1. The van der Waals surface area contributed by atoms with Crippen molar-refractivity contribution >= 4 is 17.5 Å². The second kappa shape index (κ2) is 10.5. The van der Waals surface area contributed by atoms with E-state index in [1.165, 1.54) is 45.0 Å². The number of methoxy groups -OCH3 is 1. The molecular formula is C23H29ClN2O3. The Hall–Kier alpha value is -2.24. The summed E-state index contributed by atoms with van der Waals surface area (Å²) in [5.74, 6) is 0.703. The molecule has 0 bridgehead atoms. The largest absolute Gasteiger partial charge is 0.493 e. The predicted molar refractivity (Wildman–Crippen MR) is 116 cm³/mol. The SMILES string of the molecule is CCOc1c(Cl)cc(C(=O)NCc2ccc(CN3CCCCC3)cc2)cc1OC. The highest BCUT2D eigenvalue weighted by atomic mass is 35.5. The summed E-state index contributed by atoms with van der Waals surface area (Å²) in [6, 6.07) is 11.7. The van der Waals surface area contributed by atoms with E-state index in [1.54, 1.807) is 12.1 Å². The number of piperidine rings is 1. The van der Waals surface area contributed by atoms with E-state index in [9.17, 15) is 4.79 Å². The maximum atomic E-state index is 12.6. The third kappa shape index (κ3) is 5.87. The van der Waals surface area contributed by atoms with Gasteiger partial charge < -0.3 is 14.8 Å². The van der Waals surface area contributed by atoms with Gasteiger partial charge in [-0.3, -0.25) is 9.69 Å². The van der Waals surface area contributed by atoms with Gasteiger partial charge in [0.1, 0.15) is 0 Å². The van der Waals surface area contributed by atoms with Crippen molar-refractivity contribution in [3.8, 4) is 11.5 Å². The zero-order chi connectivity index (χ0) is 20.6. The van der Waals surface area contributed by atoms with E-state index in [4.69, 9.17) is 21.1 Å². The topological polar surface area (TPSA) is 50.8 Å². The van der Waals surface area contributed by atoms with Crippen LogP contribution in [0.1, 0.15) is 47.7 Å². The number of hydrogen-bond acceptors (Lipinski definition) is 4. The van der Waals surface area contributed by atoms with Crippen LogP contribution in [-0.4, -0.2) is 37.6 Å². The Balaban J connectivity index is 1.58. The van der Waals surface area contributed by atoms with Crippen molar-refractivity contribution < 1.29 is 14.3 Å². The molecule has 0 aromatic heterocycles. The summed E-state index contributed by atoms with van der Waals surface area (Å²) in [7, 11) is 1.53. The number of hydrogen-bond donors (Lipinski definition) is 1. The summed E-state index contributed by atoms with van der Waals surface area (Å²) >= 11 is 6.26. The Morgan fingerprint density at radius 1 is 1.10 bits per heavy atom. The Kier molecular flexibility index (Phi) is 7.78. The van der Waals surface area contributed by atoms with Crippen molar-refractivity contribution in [3.63, 3.8) is 0 Å². The molecule has 1 aliphatic rings. The number of amides is 1. The van der Waals surface area contributed by atoms with Crippen LogP contribution in [0.5, 0.6) is 11.5 Å². The lowest BCUT2D eigenvalue weighted by Gasteiger charge is -2.26. The van der Waals surface area contributed by atoms with Crippen LogP contribution in [0, 0.1) is 0 Å². The minimum Gasteiger partial charge on any atom is -0.493 e. The normalized spacial score (nSPS) is 14.4. The van der Waals surface area contributed by atoms with Gasteiger partial charge in [-0.05, 0) is 56.1 Å². The highest BCUT2D eigenvalue weighted by Gasteiger charge is 2.16. The minimum atomic E-state index is -0.203. The standard InChI is InChI=1S/C23H29ClN2O3/c1-3-29-22-20(24)13-19(14-21(22)28-2)23(27)25-15-17-7-9-18(10-8-17)16-26-11-5-4-6-12-26/h7-10,13-14H,3-6,11-12,15-16H2,1-2H3,(H,25,27). The molecule has 3 rings (SSSR count). The molecule has 1 aliphatic heterocycles. The van der Waals surface area contributed by atoms with Crippen LogP contribution in [0.3, 0.4) is 0 Å². The van der Waals surface area contributed by atoms with Crippen molar-refractivity contribution in [2.45, 2.75) is 39.3 Å². The molecule has 5 nitrogen and oxygen atoms in total. The predicted octanol–water partition coefficient (Wildman–Crippen LogP) is 4.66. The van der Waals surface area contributed by atoms with Crippen LogP contribution in [0.4, 0.5) is 0 Å². The number of nitrogens with one attached hydrogen (secondary N) is 1. The van der Waals surface area contributed by atoms with Crippen molar-refractivity contribution in [3.05, 3.63) is 58.1 Å². The highest BCUT2D eigenvalue weighted by molar-refractivity contribution is 6.32. The zero-order valence-corrected chi connectivity index (χ0v) is 17.9. The van der Waals surface area contributed by atoms with Crippen molar-refractivity contribution in [2.75, 3.05) is 26.8 Å². The molecule has 1 amide bonds. The lowest BCUT2D eigenvalue weighted by molar-refractivity contribution is 0.0950. The van der Waals surface area contributed by atoms with Crippen LogP contribution < -0.4 is 14.8 Å². The maximum Gasteiger partial charge on any atom is 0.251 e. The van der Waals surface area contributed by atoms with Crippen molar-refractivity contribution in [1.29, 1.82) is 0 Å². The third-order valence-electron chi connectivity index (χ3n) is 5.11. The van der Waals surface area contributed by atoms with E-state index in [1.807, 2.05) is 6.92 Å². The molecule has 6 heteroatoms. The molecule has 1 N–H and O–H groups in total. The quantitative estimate of drug-likeness (QED) is 0.679. The van der Waals surface area contributed by atoms with E-state index in [0.29, 0.717) is 35.2 Å². The van der Waals surface area contributed by atoms with Crippen LogP contribution in [-0.2, 0) is 13.1 Å². The number of carbonyl (C=O) groups is 1. The van der Waals surface area contributed by atoms with Crippen molar-refractivity contribution in [1.82, 2.24) is 10.2 Å². The Morgan fingerprint density at radius 2 is 1.79 bits per heavy atom. The monoisotopic (exact) mass is 416 g/mol. The summed E-state index contributed by atoms with van der Waals surface area (Å²) in [6.07, 6.45) is 3.94. The molecular weight excluding hydrogens is 388 g/mol. The van der Waals surface area contributed by atoms with Gasteiger partial charge in [0.15, 0.2) is 11.5 Å². The fourth-order valence-corrected chi connectivity index (χ4v) is 3.82. The van der Waals surface area contributed by atoms with E-state index in [2.05, 4.69) is 34.5 Å². The number of nitrogens with zero attached hydrogens (tertiary/aromatic N) is 1. The average Bonchev–Trinajstić information content (AvgIpc) is 2.75. The van der Waals surface area contributed by atoms with E-state index in [0.717, 1.165) is 12.1 Å². The van der Waals surface area contributed by atoms with Crippen LogP contribution in [0.25, 0.3) is 0 Å². The summed E-state index contributed by atoms with van der Waals surface area (Å²) in [6.45, 7) is 6.16. The first-order chi connectivity index (χ1) is 14.1. The number of ether oxygens (including phenoxy) is 2. The smallest absolute Gasteiger partial charge is 0.251 e. The molecule has 156 valence electrons. The van der Waals surface area contributed by atoms with Gasteiger partial charge in [-0.1, -0.05) is 42.3 Å². The molecule has 0 saturated carbocycles. The number of benzene rings is 2. The first-order valence-electron chi connectivity index (χ1n) is 10.2. The van der Waals surface area contributed by atoms with Gasteiger partial charge >= 0.3 is 0 Å². The summed E-state index contributed by atoms with van der Waals surface area (Å²) in [5, 5.41) is 3.30. The molecule has 0 spiro atoms. The molecule has 2 aromatic carbocycles. The molecule has 0 unspecified atom stereocenters. The highest BCUT2D eigenvalue weighted by Crippen LogP contribution is 2.36. The molecule has 1 saturated heterocycles. The number of carbonyl (C=O) groups excluding carboxylic acids is 1. The van der Waals surface area contributed by atoms with Crippen LogP contribution >= 0.6 is 11.6 Å². The molecule has 1 heterocycles. The van der Waals surface area contributed by atoms with E-state index >= 15 is 0 Å². The number of rotatable bonds is 8. The van der Waals surface area contributed by atoms with Gasteiger partial charge in [0, 0.05) is 18.7 Å². The summed E-state index contributed by atoms with van der Waals surface area (Å²) < 4.78 is 10.8. The zero-order valence-electron chi connectivity index (χ0n) is 17.2. The fourth-order valence-electron chi connectivity index (χ4n) is 3.56. The maximum absolute atomic E-state index is 12.6. The van der Waals surface area contributed by atoms with Crippen LogP contribution in [0.2, 0.25) is 5.02 Å². The van der Waals surface area contributed by atoms with Gasteiger partial charge in [0.05, 0.1) is 18.7 Å². The summed E-state index contributed by atoms with van der Waals surface area (Å²) in [5.41, 5.74) is 2.81. The molecule has 0 atom stereocenters. The average molecular weight is 417 g/mol. The molecule has 1 fully saturated rings. The second-order valence-corrected chi connectivity index (χ2v) is 7.67. The van der Waals surface area contributed by atoms with E-state index < -0.39 is 0 Å². The number of halogens is 1. The van der Waals surface area contributed by atoms with Crippen molar-refractivity contribution in [2.24, 2.45) is 0 Å². The Labute approximate surface area is 177 Å². The Morgan fingerprint density at radius 3 is 2.45 bits per heavy atom. The minimum absolute atomic E-state index is 0.203. The molecule has 2 aromatic rings. The van der Waals surface area contributed by atoms with Gasteiger partial charge in [0.25, 0.3) is 5.91 Å². The third-order valence-corrected chi connectivity index (χ3v) is 5.39. The lowest BCUT2D eigenvalue weighted by atomic mass is 10.1. The lowest BCUT2D eigenvalue weighted by Crippen LogP contribution is -2.29. The van der Waals surface area contributed by atoms with Gasteiger partial charge in [-0.25, -0.2) is 0 Å². The van der Waals surface area contributed by atoms with Gasteiger partial charge in [-0.15, -0.1) is 0 Å². The van der Waals surface area contributed by atoms with E-state index in [-0.39, 0.29) is 5.91 Å². The fraction of sp³-hybridized carbons (Fsp3) is 0.435. The van der Waals surface area contributed by atoms with Gasteiger partial charge in [-0.2, -0.15) is 0 Å². The first-order valence-corrected chi connectivity index (χ1v) is 10.6. The molecule has 29 heavy (non-hydrogen) atoms. The molecule has 0 aliphatic carbocycles. The molecule has 0 radical (unpaired) electrons. The van der Waals surface area contributed by atoms with Crippen LogP contribution in [0.15, 0.2) is 36.4 Å². The first kappa shape index (κ1) is 21.5. The summed E-state index contributed by atoms with van der Waals surface area (Å²) in [4.78, 5) is 15.1.